The Kier molecular flexibility index (Phi) is 4.71. The van der Waals surface area contributed by atoms with E-state index in [0.717, 1.165) is 42.8 Å². The van der Waals surface area contributed by atoms with E-state index < -0.39 is 0 Å². The summed E-state index contributed by atoms with van der Waals surface area (Å²) in [6.07, 6.45) is 5.39. The van der Waals surface area contributed by atoms with Gasteiger partial charge in [0, 0.05) is 25.0 Å². The first-order valence-corrected chi connectivity index (χ1v) is 10.5. The fraction of sp³-hybridized carbons (Fsp3) is 0.292. The van der Waals surface area contributed by atoms with Crippen molar-refractivity contribution >= 4 is 16.9 Å². The molecular formula is C24H26N6. The lowest BCUT2D eigenvalue weighted by Crippen LogP contribution is -2.47. The second kappa shape index (κ2) is 7.54. The highest BCUT2D eigenvalue weighted by molar-refractivity contribution is 5.86. The number of aromatic amines is 1. The third kappa shape index (κ3) is 3.23. The number of hydrogen-bond acceptors (Lipinski definition) is 5. The predicted molar refractivity (Wildman–Crippen MR) is 120 cm³/mol. The van der Waals surface area contributed by atoms with E-state index in [1.54, 1.807) is 12.5 Å². The molecule has 4 aromatic rings. The van der Waals surface area contributed by atoms with Crippen LogP contribution in [0.1, 0.15) is 24.0 Å². The zero-order valence-corrected chi connectivity index (χ0v) is 17.2. The number of H-pyrrole nitrogens is 1. The van der Waals surface area contributed by atoms with Crippen molar-refractivity contribution in [3.63, 3.8) is 0 Å². The van der Waals surface area contributed by atoms with Crippen molar-refractivity contribution in [2.75, 3.05) is 24.5 Å². The van der Waals surface area contributed by atoms with E-state index in [0.29, 0.717) is 6.54 Å². The molecule has 3 heterocycles. The Bertz CT molecular complexity index is 1170. The van der Waals surface area contributed by atoms with Crippen molar-refractivity contribution in [3.8, 4) is 11.1 Å². The van der Waals surface area contributed by atoms with E-state index in [-0.39, 0.29) is 5.41 Å². The van der Waals surface area contributed by atoms with E-state index in [9.17, 15) is 0 Å². The molecule has 5 rings (SSSR count). The maximum absolute atomic E-state index is 6.38. The van der Waals surface area contributed by atoms with Gasteiger partial charge in [-0.3, -0.25) is 5.10 Å². The maximum atomic E-state index is 6.38. The molecule has 0 atom stereocenters. The Balaban J connectivity index is 1.42. The van der Waals surface area contributed by atoms with Crippen LogP contribution in [0.5, 0.6) is 0 Å². The normalized spacial score (nSPS) is 16.1. The number of hydrogen-bond donors (Lipinski definition) is 2. The number of anilines is 1. The summed E-state index contributed by atoms with van der Waals surface area (Å²) in [5.74, 6) is 0.952. The third-order valence-electron chi connectivity index (χ3n) is 6.46. The highest BCUT2D eigenvalue weighted by atomic mass is 15.2. The van der Waals surface area contributed by atoms with Crippen molar-refractivity contribution < 1.29 is 0 Å². The molecule has 0 amide bonds. The molecule has 1 aliphatic rings. The van der Waals surface area contributed by atoms with Gasteiger partial charge in [0.05, 0.1) is 11.6 Å². The first kappa shape index (κ1) is 18.8. The standard InChI is InChI=1S/C24H26N6/c1-17-4-2-5-18(12-17)19-6-3-7-20(13-19)24(15-25)8-10-30(11-9-24)23-21-14-28-29-22(21)26-16-27-23/h2-7,12-14,16H,8-11,15,25H2,1H3,(H,26,27,28,29). The van der Waals surface area contributed by atoms with Crippen LogP contribution in [0.15, 0.2) is 61.1 Å². The lowest BCUT2D eigenvalue weighted by atomic mass is 9.72. The van der Waals surface area contributed by atoms with Gasteiger partial charge in [0.2, 0.25) is 0 Å². The first-order valence-electron chi connectivity index (χ1n) is 10.5. The average Bonchev–Trinajstić information content (AvgIpc) is 3.28. The van der Waals surface area contributed by atoms with E-state index in [1.807, 2.05) is 0 Å². The van der Waals surface area contributed by atoms with E-state index >= 15 is 0 Å². The molecule has 1 aliphatic heterocycles. The van der Waals surface area contributed by atoms with E-state index in [1.165, 1.54) is 22.3 Å². The topological polar surface area (TPSA) is 83.7 Å². The molecule has 1 fully saturated rings. The smallest absolute Gasteiger partial charge is 0.160 e. The quantitative estimate of drug-likeness (QED) is 0.546. The summed E-state index contributed by atoms with van der Waals surface area (Å²) in [7, 11) is 0. The number of nitrogens with two attached hydrogens (primary N) is 1. The summed E-state index contributed by atoms with van der Waals surface area (Å²) in [5, 5.41) is 8.02. The summed E-state index contributed by atoms with van der Waals surface area (Å²) in [6.45, 7) is 4.59. The number of aromatic nitrogens is 4. The van der Waals surface area contributed by atoms with Gasteiger partial charge in [-0.05, 0) is 36.5 Å². The van der Waals surface area contributed by atoms with Gasteiger partial charge in [-0.1, -0.05) is 54.1 Å². The Morgan fingerprint density at radius 3 is 2.57 bits per heavy atom. The van der Waals surface area contributed by atoms with Crippen LogP contribution in [-0.4, -0.2) is 39.8 Å². The van der Waals surface area contributed by atoms with Crippen LogP contribution in [0.2, 0.25) is 0 Å². The van der Waals surface area contributed by atoms with Crippen LogP contribution in [0.4, 0.5) is 5.82 Å². The summed E-state index contributed by atoms with van der Waals surface area (Å²) < 4.78 is 0. The Morgan fingerprint density at radius 2 is 1.80 bits per heavy atom. The molecule has 0 spiro atoms. The van der Waals surface area contributed by atoms with Crippen LogP contribution in [-0.2, 0) is 5.41 Å². The average molecular weight is 399 g/mol. The van der Waals surface area contributed by atoms with Crippen LogP contribution < -0.4 is 10.6 Å². The number of rotatable bonds is 4. The number of aryl methyl sites for hydroxylation is 1. The predicted octanol–water partition coefficient (Wildman–Crippen LogP) is 3.83. The molecule has 6 heteroatoms. The number of benzene rings is 2. The zero-order chi connectivity index (χ0) is 20.6. The van der Waals surface area contributed by atoms with Crippen molar-refractivity contribution in [1.29, 1.82) is 0 Å². The second-order valence-corrected chi connectivity index (χ2v) is 8.25. The molecule has 152 valence electrons. The summed E-state index contributed by atoms with van der Waals surface area (Å²) in [4.78, 5) is 11.1. The zero-order valence-electron chi connectivity index (χ0n) is 17.2. The van der Waals surface area contributed by atoms with Crippen LogP contribution in [0, 0.1) is 6.92 Å². The van der Waals surface area contributed by atoms with Gasteiger partial charge in [0.25, 0.3) is 0 Å². The Labute approximate surface area is 176 Å². The second-order valence-electron chi connectivity index (χ2n) is 8.25. The minimum absolute atomic E-state index is 0.0150. The summed E-state index contributed by atoms with van der Waals surface area (Å²) in [6, 6.07) is 17.6. The monoisotopic (exact) mass is 398 g/mol. The molecular weight excluding hydrogens is 372 g/mol. The van der Waals surface area contributed by atoms with Crippen molar-refractivity contribution in [2.45, 2.75) is 25.2 Å². The maximum Gasteiger partial charge on any atom is 0.160 e. The van der Waals surface area contributed by atoms with Gasteiger partial charge in [-0.25, -0.2) is 9.97 Å². The summed E-state index contributed by atoms with van der Waals surface area (Å²) >= 11 is 0. The lowest BCUT2D eigenvalue weighted by molar-refractivity contribution is 0.339. The molecule has 2 aromatic heterocycles. The van der Waals surface area contributed by atoms with Gasteiger partial charge >= 0.3 is 0 Å². The van der Waals surface area contributed by atoms with Crippen molar-refractivity contribution in [1.82, 2.24) is 20.2 Å². The molecule has 0 unspecified atom stereocenters. The van der Waals surface area contributed by atoms with Gasteiger partial charge in [-0.2, -0.15) is 5.10 Å². The fourth-order valence-corrected chi connectivity index (χ4v) is 4.61. The van der Waals surface area contributed by atoms with Crippen molar-refractivity contribution in [3.05, 3.63) is 72.2 Å². The van der Waals surface area contributed by atoms with Crippen LogP contribution in [0.25, 0.3) is 22.2 Å². The third-order valence-corrected chi connectivity index (χ3v) is 6.46. The Morgan fingerprint density at radius 1 is 1.03 bits per heavy atom. The molecule has 6 nitrogen and oxygen atoms in total. The number of fused-ring (bicyclic) bond motifs is 1. The van der Waals surface area contributed by atoms with E-state index in [4.69, 9.17) is 5.73 Å². The minimum Gasteiger partial charge on any atom is -0.356 e. The largest absolute Gasteiger partial charge is 0.356 e. The highest BCUT2D eigenvalue weighted by Crippen LogP contribution is 2.38. The number of nitrogens with zero attached hydrogens (tertiary/aromatic N) is 4. The van der Waals surface area contributed by atoms with Crippen LogP contribution >= 0.6 is 0 Å². The van der Waals surface area contributed by atoms with Crippen molar-refractivity contribution in [2.24, 2.45) is 5.73 Å². The molecule has 0 saturated carbocycles. The molecule has 1 saturated heterocycles. The van der Waals surface area contributed by atoms with Gasteiger partial charge in [0.1, 0.15) is 12.1 Å². The molecule has 0 bridgehead atoms. The summed E-state index contributed by atoms with van der Waals surface area (Å²) in [5.41, 5.74) is 12.3. The minimum atomic E-state index is -0.0150. The number of piperidine rings is 1. The lowest BCUT2D eigenvalue weighted by Gasteiger charge is -2.42. The van der Waals surface area contributed by atoms with Gasteiger partial charge in [-0.15, -0.1) is 0 Å². The van der Waals surface area contributed by atoms with Crippen LogP contribution in [0.3, 0.4) is 0 Å². The number of nitrogens with one attached hydrogen (secondary N) is 1. The molecule has 0 radical (unpaired) electrons. The van der Waals surface area contributed by atoms with Gasteiger partial charge < -0.3 is 10.6 Å². The molecule has 3 N–H and O–H groups in total. The first-order chi connectivity index (χ1) is 14.7. The Hall–Kier alpha value is -3.25. The fourth-order valence-electron chi connectivity index (χ4n) is 4.61. The SMILES string of the molecule is Cc1cccc(-c2cccc(C3(CN)CCN(c4ncnc5[nH]ncc45)CC3)c2)c1. The van der Waals surface area contributed by atoms with E-state index in [2.05, 4.69) is 80.5 Å². The molecule has 30 heavy (non-hydrogen) atoms. The molecule has 0 aliphatic carbocycles. The highest BCUT2D eigenvalue weighted by Gasteiger charge is 2.36. The van der Waals surface area contributed by atoms with Gasteiger partial charge in [0.15, 0.2) is 5.65 Å². The molecule has 2 aromatic carbocycles.